The van der Waals surface area contributed by atoms with Crippen molar-refractivity contribution in [2.45, 2.75) is 24.3 Å². The summed E-state index contributed by atoms with van der Waals surface area (Å²) in [5.74, 6) is 2.63. The molecule has 6 heteroatoms. The second kappa shape index (κ2) is 6.95. The molecule has 2 rings (SSSR count). The maximum absolute atomic E-state index is 11.7. The van der Waals surface area contributed by atoms with Crippen LogP contribution in [0.2, 0.25) is 0 Å². The Labute approximate surface area is 127 Å². The number of hydrogen-bond donors (Lipinski definition) is 1. The maximum atomic E-state index is 11.7. The minimum Gasteiger partial charge on any atom is -0.411 e. The number of nitrogens with one attached hydrogen (secondary N) is 1. The van der Waals surface area contributed by atoms with Crippen LogP contribution in [0.5, 0.6) is 0 Å². The van der Waals surface area contributed by atoms with E-state index in [9.17, 15) is 4.79 Å². The molecule has 0 saturated carbocycles. The second-order valence-corrected chi connectivity index (χ2v) is 5.71. The zero-order chi connectivity index (χ0) is 15.2. The third kappa shape index (κ3) is 4.10. The number of benzene rings is 1. The molecule has 0 radical (unpaired) electrons. The highest BCUT2D eigenvalue weighted by Gasteiger charge is 2.18. The molecule has 2 aromatic rings. The van der Waals surface area contributed by atoms with Gasteiger partial charge in [0.1, 0.15) is 0 Å². The van der Waals surface area contributed by atoms with E-state index in [2.05, 4.69) is 21.4 Å². The van der Waals surface area contributed by atoms with E-state index in [1.54, 1.807) is 6.92 Å². The normalized spacial score (nSPS) is 11.7. The van der Waals surface area contributed by atoms with Gasteiger partial charge in [-0.2, -0.15) is 0 Å². The Hall–Kier alpha value is -2.26. The quantitative estimate of drug-likeness (QED) is 0.678. The molecule has 0 fully saturated rings. The lowest BCUT2D eigenvalue weighted by Gasteiger charge is -2.06. The van der Waals surface area contributed by atoms with Gasteiger partial charge in [-0.3, -0.25) is 4.79 Å². The predicted octanol–water partition coefficient (Wildman–Crippen LogP) is 2.28. The molecular formula is C15H15N3O2S. The molecule has 1 N–H and O–H groups in total. The van der Waals surface area contributed by atoms with Crippen LogP contribution in [-0.4, -0.2) is 27.9 Å². The third-order valence-electron chi connectivity index (χ3n) is 2.72. The Kier molecular flexibility index (Phi) is 5.01. The van der Waals surface area contributed by atoms with Gasteiger partial charge in [0, 0.05) is 5.56 Å². The summed E-state index contributed by atoms with van der Waals surface area (Å²) in [5.41, 5.74) is 2.01. The molecule has 1 amide bonds. The first-order valence-corrected chi connectivity index (χ1v) is 7.26. The van der Waals surface area contributed by atoms with Crippen molar-refractivity contribution in [2.75, 3.05) is 6.54 Å². The lowest BCUT2D eigenvalue weighted by molar-refractivity contribution is -0.120. The van der Waals surface area contributed by atoms with E-state index >= 15 is 0 Å². The van der Waals surface area contributed by atoms with Crippen LogP contribution in [0, 0.1) is 19.3 Å². The Morgan fingerprint density at radius 3 is 2.81 bits per heavy atom. The largest absolute Gasteiger partial charge is 0.411 e. The van der Waals surface area contributed by atoms with E-state index in [0.717, 1.165) is 11.1 Å². The van der Waals surface area contributed by atoms with Crippen LogP contribution in [0.1, 0.15) is 12.5 Å². The van der Waals surface area contributed by atoms with Crippen molar-refractivity contribution < 1.29 is 9.21 Å². The molecule has 1 heterocycles. The highest BCUT2D eigenvalue weighted by Crippen LogP contribution is 2.26. The van der Waals surface area contributed by atoms with Crippen LogP contribution in [0.3, 0.4) is 0 Å². The Balaban J connectivity index is 2.02. The average Bonchev–Trinajstić information content (AvgIpc) is 2.93. The number of rotatable bonds is 5. The standard InChI is InChI=1S/C15H15N3O2S/c1-4-9-16-13(19)11(3)21-15-18-17-14(20-15)12-7-5-10(2)6-8-12/h1,5-8,11H,9H2,2-3H3,(H,16,19). The molecule has 0 aliphatic heterocycles. The van der Waals surface area contributed by atoms with Gasteiger partial charge >= 0.3 is 0 Å². The molecule has 1 unspecified atom stereocenters. The maximum Gasteiger partial charge on any atom is 0.277 e. The van der Waals surface area contributed by atoms with Crippen LogP contribution >= 0.6 is 11.8 Å². The van der Waals surface area contributed by atoms with Crippen molar-refractivity contribution in [3.8, 4) is 23.8 Å². The Bertz CT molecular complexity index is 658. The number of aryl methyl sites for hydroxylation is 1. The van der Waals surface area contributed by atoms with Crippen molar-refractivity contribution in [1.29, 1.82) is 0 Å². The smallest absolute Gasteiger partial charge is 0.277 e. The number of carbonyl (C=O) groups is 1. The van der Waals surface area contributed by atoms with Crippen LogP contribution in [0.25, 0.3) is 11.5 Å². The molecule has 1 aromatic carbocycles. The topological polar surface area (TPSA) is 68.0 Å². The van der Waals surface area contributed by atoms with Crippen molar-refractivity contribution in [3.63, 3.8) is 0 Å². The molecular weight excluding hydrogens is 286 g/mol. The summed E-state index contributed by atoms with van der Waals surface area (Å²) in [7, 11) is 0. The van der Waals surface area contributed by atoms with Crippen LogP contribution < -0.4 is 5.32 Å². The van der Waals surface area contributed by atoms with E-state index in [1.165, 1.54) is 11.8 Å². The van der Waals surface area contributed by atoms with Gasteiger partial charge in [0.15, 0.2) is 0 Å². The first-order chi connectivity index (χ1) is 10.1. The van der Waals surface area contributed by atoms with E-state index < -0.39 is 0 Å². The fourth-order valence-electron chi connectivity index (χ4n) is 1.56. The number of aromatic nitrogens is 2. The van der Waals surface area contributed by atoms with Crippen LogP contribution in [0.4, 0.5) is 0 Å². The first kappa shape index (κ1) is 15.1. The monoisotopic (exact) mass is 301 g/mol. The number of nitrogens with zero attached hydrogens (tertiary/aromatic N) is 2. The summed E-state index contributed by atoms with van der Waals surface area (Å²) in [5, 5.41) is 10.5. The van der Waals surface area contributed by atoms with Crippen molar-refractivity contribution in [2.24, 2.45) is 0 Å². The number of amides is 1. The van der Waals surface area contributed by atoms with Gasteiger partial charge in [-0.05, 0) is 26.0 Å². The number of hydrogen-bond acceptors (Lipinski definition) is 5. The third-order valence-corrected chi connectivity index (χ3v) is 3.65. The number of terminal acetylenes is 1. The fourth-order valence-corrected chi connectivity index (χ4v) is 2.26. The van der Waals surface area contributed by atoms with Crippen molar-refractivity contribution in [1.82, 2.24) is 15.5 Å². The minimum atomic E-state index is -0.357. The SMILES string of the molecule is C#CCNC(=O)C(C)Sc1nnc(-c2ccc(C)cc2)o1. The first-order valence-electron chi connectivity index (χ1n) is 6.38. The average molecular weight is 301 g/mol. The van der Waals surface area contributed by atoms with Gasteiger partial charge in [0.2, 0.25) is 11.8 Å². The highest BCUT2D eigenvalue weighted by molar-refractivity contribution is 8.00. The van der Waals surface area contributed by atoms with Crippen LogP contribution in [0.15, 0.2) is 33.9 Å². The summed E-state index contributed by atoms with van der Waals surface area (Å²) < 4.78 is 5.56. The van der Waals surface area contributed by atoms with Crippen LogP contribution in [-0.2, 0) is 4.79 Å². The Morgan fingerprint density at radius 2 is 2.14 bits per heavy atom. The molecule has 108 valence electrons. The summed E-state index contributed by atoms with van der Waals surface area (Å²) in [4.78, 5) is 11.7. The highest BCUT2D eigenvalue weighted by atomic mass is 32.2. The second-order valence-electron chi connectivity index (χ2n) is 4.42. The molecule has 1 atom stereocenters. The van der Waals surface area contributed by atoms with E-state index in [0.29, 0.717) is 11.1 Å². The Morgan fingerprint density at radius 1 is 1.43 bits per heavy atom. The molecule has 1 aromatic heterocycles. The molecule has 0 aliphatic carbocycles. The zero-order valence-electron chi connectivity index (χ0n) is 11.8. The summed E-state index contributed by atoms with van der Waals surface area (Å²) in [6, 6.07) is 7.78. The van der Waals surface area contributed by atoms with Crippen molar-refractivity contribution >= 4 is 17.7 Å². The van der Waals surface area contributed by atoms with Gasteiger partial charge in [-0.25, -0.2) is 0 Å². The summed E-state index contributed by atoms with van der Waals surface area (Å²) in [6.07, 6.45) is 5.10. The lowest BCUT2D eigenvalue weighted by atomic mass is 10.1. The fraction of sp³-hybridized carbons (Fsp3) is 0.267. The molecule has 0 spiro atoms. The number of carbonyl (C=O) groups excluding carboxylic acids is 1. The lowest BCUT2D eigenvalue weighted by Crippen LogP contribution is -2.31. The van der Waals surface area contributed by atoms with Gasteiger partial charge in [-0.15, -0.1) is 16.6 Å². The zero-order valence-corrected chi connectivity index (χ0v) is 12.6. The van der Waals surface area contributed by atoms with Gasteiger partial charge in [0.05, 0.1) is 11.8 Å². The predicted molar refractivity (Wildman–Crippen MR) is 81.6 cm³/mol. The van der Waals surface area contributed by atoms with Gasteiger partial charge in [0.25, 0.3) is 5.22 Å². The minimum absolute atomic E-state index is 0.159. The molecule has 0 saturated heterocycles. The van der Waals surface area contributed by atoms with E-state index in [4.69, 9.17) is 10.8 Å². The molecule has 0 aliphatic rings. The molecule has 5 nitrogen and oxygen atoms in total. The van der Waals surface area contributed by atoms with E-state index in [-0.39, 0.29) is 17.7 Å². The van der Waals surface area contributed by atoms with Gasteiger partial charge < -0.3 is 9.73 Å². The van der Waals surface area contributed by atoms with E-state index in [1.807, 2.05) is 31.2 Å². The summed E-state index contributed by atoms with van der Waals surface area (Å²) in [6.45, 7) is 3.98. The van der Waals surface area contributed by atoms with Gasteiger partial charge in [-0.1, -0.05) is 35.4 Å². The molecule has 21 heavy (non-hydrogen) atoms. The van der Waals surface area contributed by atoms with Crippen molar-refractivity contribution in [3.05, 3.63) is 29.8 Å². The number of thioether (sulfide) groups is 1. The summed E-state index contributed by atoms with van der Waals surface area (Å²) >= 11 is 1.20. The molecule has 0 bridgehead atoms.